The Kier molecular flexibility index (Phi) is 3.83. The van der Waals surface area contributed by atoms with E-state index in [2.05, 4.69) is 46.5 Å². The average Bonchev–Trinajstić information content (AvgIpc) is 2.99. The molecule has 118 valence electrons. The van der Waals surface area contributed by atoms with E-state index in [0.717, 1.165) is 13.1 Å². The minimum atomic E-state index is 0.532. The van der Waals surface area contributed by atoms with Crippen molar-refractivity contribution in [3.8, 4) is 0 Å². The molecule has 3 heterocycles. The highest BCUT2D eigenvalue weighted by molar-refractivity contribution is 5.81. The first-order chi connectivity index (χ1) is 11.3. The van der Waals surface area contributed by atoms with E-state index in [1.54, 1.807) is 0 Å². The number of hydrogen-bond acceptors (Lipinski definition) is 3. The van der Waals surface area contributed by atoms with Crippen molar-refractivity contribution in [2.24, 2.45) is 7.05 Å². The minimum Gasteiger partial charge on any atom is -0.298 e. The third kappa shape index (κ3) is 3.13. The predicted octanol–water partition coefficient (Wildman–Crippen LogP) is 3.35. The lowest BCUT2D eigenvalue weighted by molar-refractivity contribution is 0.198. The largest absolute Gasteiger partial charge is 0.298 e. The predicted molar refractivity (Wildman–Crippen MR) is 92.2 cm³/mol. The number of likely N-dealkylation sites (tertiary alicyclic amines) is 1. The minimum absolute atomic E-state index is 0.532. The molecular formula is C19H22N4. The molecule has 0 saturated carbocycles. The fraction of sp³-hybridized carbons (Fsp3) is 0.368. The van der Waals surface area contributed by atoms with E-state index in [4.69, 9.17) is 4.98 Å². The third-order valence-electron chi connectivity index (χ3n) is 4.74. The van der Waals surface area contributed by atoms with Gasteiger partial charge >= 0.3 is 0 Å². The van der Waals surface area contributed by atoms with Crippen LogP contribution in [0.3, 0.4) is 0 Å². The number of benzene rings is 1. The molecule has 0 unspecified atom stereocenters. The number of rotatable bonds is 3. The molecule has 23 heavy (non-hydrogen) atoms. The molecule has 2 aromatic heterocycles. The molecular weight excluding hydrogens is 284 g/mol. The van der Waals surface area contributed by atoms with Gasteiger partial charge in [-0.2, -0.15) is 5.10 Å². The van der Waals surface area contributed by atoms with Crippen LogP contribution in [-0.4, -0.2) is 32.8 Å². The fourth-order valence-electron chi connectivity index (χ4n) is 3.58. The van der Waals surface area contributed by atoms with E-state index in [1.807, 2.05) is 24.1 Å². The maximum atomic E-state index is 4.73. The smallest absolute Gasteiger partial charge is 0.0534 e. The van der Waals surface area contributed by atoms with Crippen LogP contribution >= 0.6 is 0 Å². The van der Waals surface area contributed by atoms with E-state index in [1.165, 1.54) is 41.4 Å². The van der Waals surface area contributed by atoms with E-state index < -0.39 is 0 Å². The summed E-state index contributed by atoms with van der Waals surface area (Å²) in [7, 11) is 1.97. The van der Waals surface area contributed by atoms with Crippen molar-refractivity contribution in [3.05, 3.63) is 60.2 Å². The van der Waals surface area contributed by atoms with Crippen LogP contribution in [0.5, 0.6) is 0 Å². The maximum absolute atomic E-state index is 4.73. The zero-order chi connectivity index (χ0) is 15.6. The quantitative estimate of drug-likeness (QED) is 0.744. The Hall–Kier alpha value is -2.20. The molecule has 1 saturated heterocycles. The number of aromatic nitrogens is 3. The lowest BCUT2D eigenvalue weighted by Crippen LogP contribution is -2.34. The summed E-state index contributed by atoms with van der Waals surface area (Å²) < 4.78 is 1.88. The number of pyridine rings is 1. The Labute approximate surface area is 136 Å². The van der Waals surface area contributed by atoms with Crippen LogP contribution in [0.25, 0.3) is 10.8 Å². The Morgan fingerprint density at radius 3 is 2.87 bits per heavy atom. The summed E-state index contributed by atoms with van der Waals surface area (Å²) in [5.74, 6) is 0.532. The van der Waals surface area contributed by atoms with Crippen LogP contribution in [0.1, 0.15) is 30.0 Å². The van der Waals surface area contributed by atoms with Crippen LogP contribution in [0.4, 0.5) is 0 Å². The van der Waals surface area contributed by atoms with Gasteiger partial charge in [0.15, 0.2) is 0 Å². The molecule has 0 N–H and O–H groups in total. The van der Waals surface area contributed by atoms with Gasteiger partial charge in [0.25, 0.3) is 0 Å². The summed E-state index contributed by atoms with van der Waals surface area (Å²) >= 11 is 0. The van der Waals surface area contributed by atoms with Gasteiger partial charge in [-0.1, -0.05) is 24.3 Å². The second kappa shape index (κ2) is 6.13. The highest BCUT2D eigenvalue weighted by Gasteiger charge is 2.22. The zero-order valence-corrected chi connectivity index (χ0v) is 13.5. The Morgan fingerprint density at radius 2 is 2.04 bits per heavy atom. The Balaban J connectivity index is 1.51. The number of nitrogens with zero attached hydrogens (tertiary/aromatic N) is 4. The SMILES string of the molecule is Cn1cc(CN2CCC[C@@H](c3cc4ccccc4cn3)C2)cn1. The molecule has 1 aliphatic heterocycles. The summed E-state index contributed by atoms with van der Waals surface area (Å²) in [6, 6.07) is 10.7. The average molecular weight is 306 g/mol. The zero-order valence-electron chi connectivity index (χ0n) is 13.5. The first kappa shape index (κ1) is 14.4. The van der Waals surface area contributed by atoms with Gasteiger partial charge in [-0.05, 0) is 30.8 Å². The van der Waals surface area contributed by atoms with Gasteiger partial charge in [0, 0.05) is 55.1 Å². The molecule has 4 heteroatoms. The van der Waals surface area contributed by atoms with Crippen molar-refractivity contribution < 1.29 is 0 Å². The molecule has 1 fully saturated rings. The molecule has 1 atom stereocenters. The lowest BCUT2D eigenvalue weighted by Gasteiger charge is -2.32. The number of aryl methyl sites for hydroxylation is 1. The molecule has 1 aromatic carbocycles. The third-order valence-corrected chi connectivity index (χ3v) is 4.74. The molecule has 0 radical (unpaired) electrons. The molecule has 0 amide bonds. The van der Waals surface area contributed by atoms with Crippen molar-refractivity contribution in [1.29, 1.82) is 0 Å². The summed E-state index contributed by atoms with van der Waals surface area (Å²) in [5, 5.41) is 6.79. The maximum Gasteiger partial charge on any atom is 0.0534 e. The van der Waals surface area contributed by atoms with Crippen LogP contribution in [0.15, 0.2) is 48.9 Å². The molecule has 3 aromatic rings. The highest BCUT2D eigenvalue weighted by Crippen LogP contribution is 2.28. The van der Waals surface area contributed by atoms with Crippen molar-refractivity contribution in [2.75, 3.05) is 13.1 Å². The topological polar surface area (TPSA) is 34.0 Å². The second-order valence-electron chi connectivity index (χ2n) is 6.55. The van der Waals surface area contributed by atoms with Crippen molar-refractivity contribution in [2.45, 2.75) is 25.3 Å². The summed E-state index contributed by atoms with van der Waals surface area (Å²) in [6.45, 7) is 3.23. The summed E-state index contributed by atoms with van der Waals surface area (Å²) in [5.41, 5.74) is 2.53. The molecule has 4 rings (SSSR count). The Morgan fingerprint density at radius 1 is 1.17 bits per heavy atom. The fourth-order valence-corrected chi connectivity index (χ4v) is 3.58. The van der Waals surface area contributed by atoms with E-state index >= 15 is 0 Å². The first-order valence-corrected chi connectivity index (χ1v) is 8.32. The highest BCUT2D eigenvalue weighted by atomic mass is 15.2. The van der Waals surface area contributed by atoms with Crippen molar-refractivity contribution >= 4 is 10.8 Å². The van der Waals surface area contributed by atoms with Crippen LogP contribution in [-0.2, 0) is 13.6 Å². The monoisotopic (exact) mass is 306 g/mol. The van der Waals surface area contributed by atoms with Crippen molar-refractivity contribution in [3.63, 3.8) is 0 Å². The number of piperidine rings is 1. The van der Waals surface area contributed by atoms with Gasteiger partial charge in [0.1, 0.15) is 0 Å². The molecule has 1 aliphatic rings. The van der Waals surface area contributed by atoms with E-state index in [-0.39, 0.29) is 0 Å². The molecule has 4 nitrogen and oxygen atoms in total. The second-order valence-corrected chi connectivity index (χ2v) is 6.55. The van der Waals surface area contributed by atoms with E-state index in [9.17, 15) is 0 Å². The van der Waals surface area contributed by atoms with Gasteiger partial charge in [-0.15, -0.1) is 0 Å². The number of hydrogen-bond donors (Lipinski definition) is 0. The van der Waals surface area contributed by atoms with Gasteiger partial charge in [0.05, 0.1) is 6.20 Å². The molecule has 0 aliphatic carbocycles. The summed E-state index contributed by atoms with van der Waals surface area (Å²) in [6.07, 6.45) is 8.56. The normalized spacial score (nSPS) is 19.3. The van der Waals surface area contributed by atoms with Crippen LogP contribution in [0.2, 0.25) is 0 Å². The van der Waals surface area contributed by atoms with Crippen LogP contribution < -0.4 is 0 Å². The summed E-state index contributed by atoms with van der Waals surface area (Å²) in [4.78, 5) is 7.26. The molecule has 0 spiro atoms. The van der Waals surface area contributed by atoms with Crippen LogP contribution in [0, 0.1) is 0 Å². The van der Waals surface area contributed by atoms with Gasteiger partial charge in [0.2, 0.25) is 0 Å². The molecule has 0 bridgehead atoms. The standard InChI is InChI=1S/C19H22N4/c1-22-12-15(10-21-22)13-23-8-4-7-18(14-23)19-9-16-5-2-3-6-17(16)11-20-19/h2-3,5-6,9-12,18H,4,7-8,13-14H2,1H3/t18-/m1/s1. The van der Waals surface area contributed by atoms with Gasteiger partial charge in [-0.3, -0.25) is 14.6 Å². The Bertz CT molecular complexity index is 808. The lowest BCUT2D eigenvalue weighted by atomic mass is 9.93. The number of fused-ring (bicyclic) bond motifs is 1. The first-order valence-electron chi connectivity index (χ1n) is 8.32. The van der Waals surface area contributed by atoms with E-state index in [0.29, 0.717) is 5.92 Å². The van der Waals surface area contributed by atoms with Gasteiger partial charge < -0.3 is 0 Å². The van der Waals surface area contributed by atoms with Gasteiger partial charge in [-0.25, -0.2) is 0 Å². The van der Waals surface area contributed by atoms with Crippen molar-refractivity contribution in [1.82, 2.24) is 19.7 Å².